The van der Waals surface area contributed by atoms with E-state index in [2.05, 4.69) is 15.8 Å². The summed E-state index contributed by atoms with van der Waals surface area (Å²) in [7, 11) is 0. The molecule has 154 valence electrons. The van der Waals surface area contributed by atoms with Crippen LogP contribution in [0.2, 0.25) is 0 Å². The largest absolute Gasteiger partial charge is 0.394 e. The summed E-state index contributed by atoms with van der Waals surface area (Å²) in [6.07, 6.45) is 6.00. The second-order valence-electron chi connectivity index (χ2n) is 7.25. The fourth-order valence-corrected chi connectivity index (χ4v) is 3.54. The van der Waals surface area contributed by atoms with Crippen LogP contribution in [0.1, 0.15) is 37.1 Å². The molecule has 2 aliphatic heterocycles. The molecule has 3 amide bonds. The van der Waals surface area contributed by atoms with Crippen molar-refractivity contribution in [2.24, 2.45) is 0 Å². The van der Waals surface area contributed by atoms with Crippen molar-refractivity contribution < 1.29 is 24.0 Å². The molecule has 0 spiro atoms. The summed E-state index contributed by atoms with van der Waals surface area (Å²) in [4.78, 5) is 26.6. The van der Waals surface area contributed by atoms with Gasteiger partial charge in [-0.2, -0.15) is 0 Å². The minimum atomic E-state index is -0.625. The molecule has 1 fully saturated rings. The van der Waals surface area contributed by atoms with E-state index in [-0.39, 0.29) is 18.9 Å². The van der Waals surface area contributed by atoms with Crippen molar-refractivity contribution in [3.8, 4) is 0 Å². The number of amides is 3. The van der Waals surface area contributed by atoms with Crippen molar-refractivity contribution in [1.29, 1.82) is 0 Å². The highest BCUT2D eigenvalue weighted by atomic mass is 16.5. The first kappa shape index (κ1) is 20.3. The third-order valence-corrected chi connectivity index (χ3v) is 5.12. The molecular weight excluding hydrogens is 364 g/mol. The maximum atomic E-state index is 12.4. The van der Waals surface area contributed by atoms with Crippen molar-refractivity contribution in [2.75, 3.05) is 25.0 Å². The number of aliphatic hydroxyl groups is 1. The van der Waals surface area contributed by atoms with Crippen LogP contribution in [0.25, 0.3) is 0 Å². The molecular formula is C19H28N4O5. The highest BCUT2D eigenvalue weighted by Gasteiger charge is 2.30. The molecule has 2 aliphatic rings. The molecule has 3 rings (SSSR count). The van der Waals surface area contributed by atoms with E-state index < -0.39 is 24.3 Å². The number of piperidine rings is 1. The second-order valence-corrected chi connectivity index (χ2v) is 7.25. The minimum Gasteiger partial charge on any atom is -0.394 e. The van der Waals surface area contributed by atoms with Crippen molar-refractivity contribution in [3.63, 3.8) is 0 Å². The minimum absolute atomic E-state index is 0.0635. The molecule has 1 aromatic rings. The van der Waals surface area contributed by atoms with Gasteiger partial charge in [-0.1, -0.05) is 17.3 Å². The van der Waals surface area contributed by atoms with Gasteiger partial charge in [0.05, 0.1) is 25.2 Å². The summed E-state index contributed by atoms with van der Waals surface area (Å²) in [5.74, 6) is 0.576. The molecule has 28 heavy (non-hydrogen) atoms. The summed E-state index contributed by atoms with van der Waals surface area (Å²) in [6.45, 7) is 4.76. The van der Waals surface area contributed by atoms with Crippen LogP contribution in [0.3, 0.4) is 0 Å². The summed E-state index contributed by atoms with van der Waals surface area (Å²) >= 11 is 0. The van der Waals surface area contributed by atoms with Gasteiger partial charge in [0.15, 0.2) is 5.76 Å². The molecule has 9 nitrogen and oxygen atoms in total. The Morgan fingerprint density at radius 2 is 2.00 bits per heavy atom. The standard InChI is InChI=1S/C19H28N4O5/c1-12-18(13(2)28-22-12)21-19(26)20-15-7-6-14(27-16(15)11-24)10-17(25)23-8-4-3-5-9-23/h6-7,14-16,24H,3-5,8-11H2,1-2H3,(H2,20,21,26)/t14-,15-,16-/m1/s1. The normalized spacial score (nSPS) is 24.8. The lowest BCUT2D eigenvalue weighted by Gasteiger charge is -2.33. The zero-order valence-corrected chi connectivity index (χ0v) is 16.3. The number of nitrogens with one attached hydrogen (secondary N) is 2. The molecule has 0 bridgehead atoms. The number of aryl methyl sites for hydroxylation is 2. The fourth-order valence-electron chi connectivity index (χ4n) is 3.54. The molecule has 9 heteroatoms. The van der Waals surface area contributed by atoms with Crippen LogP contribution in [-0.2, 0) is 9.53 Å². The predicted molar refractivity (Wildman–Crippen MR) is 102 cm³/mol. The quantitative estimate of drug-likeness (QED) is 0.654. The smallest absolute Gasteiger partial charge is 0.319 e. The molecule has 1 aromatic heterocycles. The molecule has 0 unspecified atom stereocenters. The van der Waals surface area contributed by atoms with E-state index in [0.29, 0.717) is 17.1 Å². The number of carbonyl (C=O) groups is 2. The zero-order valence-electron chi connectivity index (χ0n) is 16.3. The summed E-state index contributed by atoms with van der Waals surface area (Å²) in [5, 5.41) is 18.9. The van der Waals surface area contributed by atoms with E-state index in [1.807, 2.05) is 4.90 Å². The number of aliphatic hydroxyl groups excluding tert-OH is 1. The van der Waals surface area contributed by atoms with Crippen molar-refractivity contribution >= 4 is 17.6 Å². The van der Waals surface area contributed by atoms with E-state index in [9.17, 15) is 14.7 Å². The number of aromatic nitrogens is 1. The monoisotopic (exact) mass is 392 g/mol. The van der Waals surface area contributed by atoms with Gasteiger partial charge in [0, 0.05) is 13.1 Å². The van der Waals surface area contributed by atoms with Gasteiger partial charge in [0.25, 0.3) is 0 Å². The first-order chi connectivity index (χ1) is 13.5. The predicted octanol–water partition coefficient (Wildman–Crippen LogP) is 1.50. The number of rotatable bonds is 5. The summed E-state index contributed by atoms with van der Waals surface area (Å²) < 4.78 is 10.9. The van der Waals surface area contributed by atoms with Crippen LogP contribution in [0, 0.1) is 13.8 Å². The van der Waals surface area contributed by atoms with Crippen LogP contribution in [0.4, 0.5) is 10.5 Å². The Bertz CT molecular complexity index is 706. The van der Waals surface area contributed by atoms with Crippen molar-refractivity contribution in [1.82, 2.24) is 15.4 Å². The highest BCUT2D eigenvalue weighted by Crippen LogP contribution is 2.20. The Morgan fingerprint density at radius 3 is 2.64 bits per heavy atom. The van der Waals surface area contributed by atoms with E-state index >= 15 is 0 Å². The van der Waals surface area contributed by atoms with Gasteiger partial charge >= 0.3 is 6.03 Å². The number of ether oxygens (including phenoxy) is 1. The highest BCUT2D eigenvalue weighted by molar-refractivity contribution is 5.90. The Kier molecular flexibility index (Phi) is 6.69. The van der Waals surface area contributed by atoms with Gasteiger partial charge in [-0.3, -0.25) is 4.79 Å². The Hall–Kier alpha value is -2.39. The van der Waals surface area contributed by atoms with Crippen LogP contribution in [-0.4, -0.2) is 65.0 Å². The Labute approximate surface area is 164 Å². The van der Waals surface area contributed by atoms with Crippen LogP contribution in [0.5, 0.6) is 0 Å². The van der Waals surface area contributed by atoms with Gasteiger partial charge in [-0.25, -0.2) is 4.79 Å². The lowest BCUT2D eigenvalue weighted by Crippen LogP contribution is -2.50. The van der Waals surface area contributed by atoms with Gasteiger partial charge < -0.3 is 29.9 Å². The third kappa shape index (κ3) is 4.90. The maximum Gasteiger partial charge on any atom is 0.319 e. The molecule has 0 aromatic carbocycles. The molecule has 0 radical (unpaired) electrons. The fraction of sp³-hybridized carbons (Fsp3) is 0.632. The van der Waals surface area contributed by atoms with Gasteiger partial charge in [-0.15, -0.1) is 0 Å². The van der Waals surface area contributed by atoms with Gasteiger partial charge in [0.2, 0.25) is 5.91 Å². The summed E-state index contributed by atoms with van der Waals surface area (Å²) in [5.41, 5.74) is 1.10. The third-order valence-electron chi connectivity index (χ3n) is 5.12. The van der Waals surface area contributed by atoms with Crippen LogP contribution in [0.15, 0.2) is 16.7 Å². The molecule has 3 atom stereocenters. The van der Waals surface area contributed by atoms with E-state index in [0.717, 1.165) is 25.9 Å². The number of urea groups is 1. The van der Waals surface area contributed by atoms with E-state index in [1.165, 1.54) is 6.42 Å². The first-order valence-electron chi connectivity index (χ1n) is 9.70. The molecule has 0 saturated carbocycles. The molecule has 3 heterocycles. The average molecular weight is 392 g/mol. The van der Waals surface area contributed by atoms with Crippen LogP contribution >= 0.6 is 0 Å². The average Bonchev–Trinajstić information content (AvgIpc) is 3.01. The molecule has 3 N–H and O–H groups in total. The molecule has 1 saturated heterocycles. The van der Waals surface area contributed by atoms with E-state index in [1.54, 1.807) is 26.0 Å². The number of likely N-dealkylation sites (tertiary alicyclic amines) is 1. The number of carbonyl (C=O) groups excluding carboxylic acids is 2. The number of anilines is 1. The lowest BCUT2D eigenvalue weighted by molar-refractivity contribution is -0.136. The first-order valence-corrected chi connectivity index (χ1v) is 9.70. The van der Waals surface area contributed by atoms with Gasteiger partial charge in [0.1, 0.15) is 17.5 Å². The van der Waals surface area contributed by atoms with E-state index in [4.69, 9.17) is 9.26 Å². The van der Waals surface area contributed by atoms with Crippen molar-refractivity contribution in [2.45, 2.75) is 57.8 Å². The van der Waals surface area contributed by atoms with Gasteiger partial charge in [-0.05, 0) is 33.1 Å². The Balaban J connectivity index is 1.55. The Morgan fingerprint density at radius 1 is 1.25 bits per heavy atom. The van der Waals surface area contributed by atoms with Crippen molar-refractivity contribution in [3.05, 3.63) is 23.6 Å². The second kappa shape index (κ2) is 9.20. The number of hydrogen-bond acceptors (Lipinski definition) is 6. The SMILES string of the molecule is Cc1noc(C)c1NC(=O)N[C@@H]1C=C[C@H](CC(=O)N2CCCCC2)O[C@@H]1CO. The number of hydrogen-bond donors (Lipinski definition) is 3. The van der Waals surface area contributed by atoms with Crippen LogP contribution < -0.4 is 10.6 Å². The lowest BCUT2D eigenvalue weighted by atomic mass is 10.0. The maximum absolute atomic E-state index is 12.4. The molecule has 0 aliphatic carbocycles. The summed E-state index contributed by atoms with van der Waals surface area (Å²) in [6, 6.07) is -0.958. The zero-order chi connectivity index (χ0) is 20.1. The number of nitrogens with zero attached hydrogens (tertiary/aromatic N) is 2. The topological polar surface area (TPSA) is 117 Å².